The van der Waals surface area contributed by atoms with Gasteiger partial charge in [-0.25, -0.2) is 4.79 Å². The summed E-state index contributed by atoms with van der Waals surface area (Å²) in [6.07, 6.45) is 0. The lowest BCUT2D eigenvalue weighted by atomic mass is 10.2. The van der Waals surface area contributed by atoms with E-state index in [1.807, 2.05) is 6.07 Å². The first-order chi connectivity index (χ1) is 8.69. The summed E-state index contributed by atoms with van der Waals surface area (Å²) in [5, 5.41) is 12.2. The Bertz CT molecular complexity index is 593. The topological polar surface area (TPSA) is 76.1 Å². The Morgan fingerprint density at radius 3 is 2.72 bits per heavy atom. The summed E-state index contributed by atoms with van der Waals surface area (Å²) in [6.45, 7) is 1.85. The summed E-state index contributed by atoms with van der Waals surface area (Å²) in [6, 6.07) is 10.3. The highest BCUT2D eigenvalue weighted by molar-refractivity contribution is 5.86. The van der Waals surface area contributed by atoms with E-state index in [9.17, 15) is 4.79 Å². The molecule has 0 saturated heterocycles. The lowest BCUT2D eigenvalue weighted by Gasteiger charge is -2.02. The second-order valence-electron chi connectivity index (χ2n) is 3.72. The molecule has 0 aliphatic rings. The van der Waals surface area contributed by atoms with Crippen LogP contribution < -0.4 is 0 Å². The van der Waals surface area contributed by atoms with Crippen LogP contribution in [0.4, 0.5) is 0 Å². The fraction of sp³-hybridized carbons (Fsp3) is 0.154. The molecule has 1 aromatic carbocycles. The lowest BCUT2D eigenvalue weighted by molar-refractivity contribution is 0.0426. The number of aryl methyl sites for hydroxylation is 1. The Labute approximate surface area is 104 Å². The molecule has 0 fully saturated rings. The van der Waals surface area contributed by atoms with Crippen molar-refractivity contribution in [3.8, 4) is 6.07 Å². The monoisotopic (exact) mass is 242 g/mol. The number of carbonyl (C=O) groups is 1. The number of carbonyl (C=O) groups excluding carboxylic acids is 1. The molecule has 0 bridgehead atoms. The third-order valence-electron chi connectivity index (χ3n) is 2.28. The SMILES string of the molecule is Cc1cc(C(=O)OCc2ccc(C#N)cc2)on1. The summed E-state index contributed by atoms with van der Waals surface area (Å²) < 4.78 is 9.83. The summed E-state index contributed by atoms with van der Waals surface area (Å²) in [7, 11) is 0. The minimum atomic E-state index is -0.556. The largest absolute Gasteiger partial charge is 0.455 e. The van der Waals surface area contributed by atoms with Crippen LogP contribution in [0.25, 0.3) is 0 Å². The van der Waals surface area contributed by atoms with Crippen LogP contribution in [0, 0.1) is 18.3 Å². The van der Waals surface area contributed by atoms with Crippen molar-refractivity contribution in [1.29, 1.82) is 5.26 Å². The van der Waals surface area contributed by atoms with Gasteiger partial charge in [0.1, 0.15) is 6.61 Å². The van der Waals surface area contributed by atoms with Gasteiger partial charge in [0, 0.05) is 6.07 Å². The van der Waals surface area contributed by atoms with Gasteiger partial charge in [-0.1, -0.05) is 17.3 Å². The van der Waals surface area contributed by atoms with Crippen LogP contribution in [-0.2, 0) is 11.3 Å². The number of nitriles is 1. The van der Waals surface area contributed by atoms with Crippen LogP contribution in [0.15, 0.2) is 34.9 Å². The molecule has 0 aliphatic heterocycles. The minimum absolute atomic E-state index is 0.0844. The first-order valence-electron chi connectivity index (χ1n) is 5.28. The lowest BCUT2D eigenvalue weighted by Crippen LogP contribution is -2.03. The van der Waals surface area contributed by atoms with Crippen molar-refractivity contribution in [3.63, 3.8) is 0 Å². The quantitative estimate of drug-likeness (QED) is 0.771. The molecule has 0 atom stereocenters. The van der Waals surface area contributed by atoms with Gasteiger partial charge in [-0.2, -0.15) is 5.26 Å². The fourth-order valence-corrected chi connectivity index (χ4v) is 1.36. The number of ether oxygens (including phenoxy) is 1. The third kappa shape index (κ3) is 2.74. The van der Waals surface area contributed by atoms with Crippen molar-refractivity contribution in [2.45, 2.75) is 13.5 Å². The zero-order valence-electron chi connectivity index (χ0n) is 9.71. The molecule has 0 amide bonds. The Hall–Kier alpha value is -2.61. The van der Waals surface area contributed by atoms with E-state index in [4.69, 9.17) is 14.5 Å². The van der Waals surface area contributed by atoms with Gasteiger partial charge in [-0.05, 0) is 24.6 Å². The standard InChI is InChI=1S/C13H10N2O3/c1-9-6-12(18-15-9)13(16)17-8-11-4-2-10(7-14)3-5-11/h2-6H,8H2,1H3. The molecule has 0 radical (unpaired) electrons. The molecular weight excluding hydrogens is 232 g/mol. The molecule has 0 aliphatic carbocycles. The maximum absolute atomic E-state index is 11.5. The van der Waals surface area contributed by atoms with E-state index in [0.717, 1.165) is 5.56 Å². The van der Waals surface area contributed by atoms with E-state index in [-0.39, 0.29) is 12.4 Å². The smallest absolute Gasteiger partial charge is 0.377 e. The molecule has 1 heterocycles. The number of aromatic nitrogens is 1. The predicted octanol–water partition coefficient (Wildman–Crippen LogP) is 2.21. The van der Waals surface area contributed by atoms with Crippen LogP contribution in [-0.4, -0.2) is 11.1 Å². The molecule has 1 aromatic heterocycles. The van der Waals surface area contributed by atoms with Gasteiger partial charge in [0.2, 0.25) is 5.76 Å². The summed E-state index contributed by atoms with van der Waals surface area (Å²) in [4.78, 5) is 11.5. The first kappa shape index (κ1) is 11.9. The molecule has 5 heteroatoms. The molecule has 0 unspecified atom stereocenters. The van der Waals surface area contributed by atoms with E-state index in [1.54, 1.807) is 31.2 Å². The van der Waals surface area contributed by atoms with Gasteiger partial charge in [0.05, 0.1) is 17.3 Å². The maximum Gasteiger partial charge on any atom is 0.377 e. The normalized spacial score (nSPS) is 9.78. The second-order valence-corrected chi connectivity index (χ2v) is 3.72. The Morgan fingerprint density at radius 1 is 1.44 bits per heavy atom. The molecule has 0 N–H and O–H groups in total. The van der Waals surface area contributed by atoms with E-state index in [1.165, 1.54) is 6.07 Å². The Balaban J connectivity index is 1.95. The summed E-state index contributed by atoms with van der Waals surface area (Å²) >= 11 is 0. The van der Waals surface area contributed by atoms with E-state index < -0.39 is 5.97 Å². The number of hydrogen-bond donors (Lipinski definition) is 0. The molecular formula is C13H10N2O3. The van der Waals surface area contributed by atoms with Crippen LogP contribution >= 0.6 is 0 Å². The van der Waals surface area contributed by atoms with Gasteiger partial charge in [-0.3, -0.25) is 0 Å². The zero-order valence-corrected chi connectivity index (χ0v) is 9.71. The number of esters is 1. The number of nitrogens with zero attached hydrogens (tertiary/aromatic N) is 2. The molecule has 90 valence electrons. The highest BCUT2D eigenvalue weighted by Gasteiger charge is 2.12. The minimum Gasteiger partial charge on any atom is -0.455 e. The molecule has 5 nitrogen and oxygen atoms in total. The highest BCUT2D eigenvalue weighted by Crippen LogP contribution is 2.08. The summed E-state index contributed by atoms with van der Waals surface area (Å²) in [5.41, 5.74) is 2.00. The Kier molecular flexibility index (Phi) is 3.39. The first-order valence-corrected chi connectivity index (χ1v) is 5.28. The zero-order chi connectivity index (χ0) is 13.0. The van der Waals surface area contributed by atoms with Crippen molar-refractivity contribution < 1.29 is 14.1 Å². The fourth-order valence-electron chi connectivity index (χ4n) is 1.36. The van der Waals surface area contributed by atoms with Gasteiger partial charge < -0.3 is 9.26 Å². The average Bonchev–Trinajstić information content (AvgIpc) is 2.83. The van der Waals surface area contributed by atoms with Crippen LogP contribution in [0.2, 0.25) is 0 Å². The van der Waals surface area contributed by atoms with E-state index in [2.05, 4.69) is 5.16 Å². The molecule has 18 heavy (non-hydrogen) atoms. The van der Waals surface area contributed by atoms with Gasteiger partial charge in [0.25, 0.3) is 0 Å². The number of rotatable bonds is 3. The van der Waals surface area contributed by atoms with Gasteiger partial charge in [-0.15, -0.1) is 0 Å². The third-order valence-corrected chi connectivity index (χ3v) is 2.28. The molecule has 2 rings (SSSR count). The van der Waals surface area contributed by atoms with Crippen LogP contribution in [0.1, 0.15) is 27.4 Å². The maximum atomic E-state index is 11.5. The number of hydrogen-bond acceptors (Lipinski definition) is 5. The van der Waals surface area contributed by atoms with Crippen molar-refractivity contribution >= 4 is 5.97 Å². The van der Waals surface area contributed by atoms with Crippen molar-refractivity contribution in [2.75, 3.05) is 0 Å². The Morgan fingerprint density at radius 2 is 2.17 bits per heavy atom. The van der Waals surface area contributed by atoms with Gasteiger partial charge >= 0.3 is 5.97 Å². The second kappa shape index (κ2) is 5.15. The van der Waals surface area contributed by atoms with Gasteiger partial charge in [0.15, 0.2) is 0 Å². The van der Waals surface area contributed by atoms with Crippen molar-refractivity contribution in [3.05, 3.63) is 52.9 Å². The number of benzene rings is 1. The van der Waals surface area contributed by atoms with E-state index in [0.29, 0.717) is 11.3 Å². The highest BCUT2D eigenvalue weighted by atomic mass is 16.6. The van der Waals surface area contributed by atoms with Crippen LogP contribution in [0.5, 0.6) is 0 Å². The van der Waals surface area contributed by atoms with Crippen molar-refractivity contribution in [1.82, 2.24) is 5.16 Å². The average molecular weight is 242 g/mol. The molecule has 2 aromatic rings. The predicted molar refractivity (Wildman–Crippen MR) is 61.5 cm³/mol. The summed E-state index contributed by atoms with van der Waals surface area (Å²) in [5.74, 6) is -0.471. The van der Waals surface area contributed by atoms with Crippen molar-refractivity contribution in [2.24, 2.45) is 0 Å². The molecule has 0 saturated carbocycles. The molecule has 0 spiro atoms. The van der Waals surface area contributed by atoms with Crippen LogP contribution in [0.3, 0.4) is 0 Å². The van der Waals surface area contributed by atoms with E-state index >= 15 is 0 Å².